The van der Waals surface area contributed by atoms with Crippen molar-refractivity contribution < 1.29 is 19.4 Å². The summed E-state index contributed by atoms with van der Waals surface area (Å²) in [6.07, 6.45) is 0.102. The molecule has 0 aliphatic rings. The Hall–Kier alpha value is -0.900. The number of ether oxygens (including phenoxy) is 1. The number of carboxylic acids is 1. The van der Waals surface area contributed by atoms with Crippen LogP contribution in [-0.4, -0.2) is 31.1 Å². The summed E-state index contributed by atoms with van der Waals surface area (Å²) in [6, 6.07) is 0. The maximum atomic E-state index is 10.1. The van der Waals surface area contributed by atoms with Gasteiger partial charge in [0.2, 0.25) is 0 Å². The van der Waals surface area contributed by atoms with E-state index in [1.165, 1.54) is 6.92 Å². The summed E-state index contributed by atoms with van der Waals surface area (Å²) in [7, 11) is 3.25. The first-order valence-electron chi connectivity index (χ1n) is 3.16. The molecule has 66 valence electrons. The van der Waals surface area contributed by atoms with Gasteiger partial charge >= 0.3 is 5.97 Å². The van der Waals surface area contributed by atoms with Crippen molar-refractivity contribution in [2.75, 3.05) is 14.2 Å². The summed E-state index contributed by atoms with van der Waals surface area (Å²) >= 11 is 0. The van der Waals surface area contributed by atoms with Crippen LogP contribution in [0.3, 0.4) is 0 Å². The number of carbonyl (C=O) groups is 2. The molecule has 0 aromatic rings. The van der Waals surface area contributed by atoms with Gasteiger partial charge in [-0.1, -0.05) is 0 Å². The second-order valence-electron chi connectivity index (χ2n) is 2.00. The van der Waals surface area contributed by atoms with Gasteiger partial charge in [0.05, 0.1) is 6.42 Å². The lowest BCUT2D eigenvalue weighted by atomic mass is 10.2. The van der Waals surface area contributed by atoms with Crippen molar-refractivity contribution in [1.29, 1.82) is 0 Å². The Kier molecular flexibility index (Phi) is 10.5. The third-order valence-corrected chi connectivity index (χ3v) is 0.691. The van der Waals surface area contributed by atoms with E-state index in [2.05, 4.69) is 4.74 Å². The van der Waals surface area contributed by atoms with Gasteiger partial charge in [-0.3, -0.25) is 4.79 Å². The van der Waals surface area contributed by atoms with Crippen molar-refractivity contribution >= 4 is 11.8 Å². The zero-order valence-corrected chi connectivity index (χ0v) is 7.09. The van der Waals surface area contributed by atoms with Gasteiger partial charge in [-0.25, -0.2) is 0 Å². The lowest BCUT2D eigenvalue weighted by molar-refractivity contribution is -0.138. The summed E-state index contributed by atoms with van der Waals surface area (Å²) in [5, 5.41) is 8.01. The highest BCUT2D eigenvalue weighted by Gasteiger charge is 1.97. The van der Waals surface area contributed by atoms with Crippen molar-refractivity contribution in [2.45, 2.75) is 19.8 Å². The molecule has 0 aliphatic carbocycles. The molecule has 0 aromatic carbocycles. The number of ketones is 1. The molecule has 0 bridgehead atoms. The van der Waals surface area contributed by atoms with Crippen LogP contribution in [0.2, 0.25) is 0 Å². The Labute approximate surface area is 66.2 Å². The molecule has 0 spiro atoms. The summed E-state index contributed by atoms with van der Waals surface area (Å²) in [5.74, 6) is -0.993. The normalized spacial score (nSPS) is 7.91. The molecule has 4 heteroatoms. The van der Waals surface area contributed by atoms with Gasteiger partial charge in [-0.2, -0.15) is 0 Å². The van der Waals surface area contributed by atoms with E-state index in [0.29, 0.717) is 0 Å². The molecule has 0 atom stereocenters. The Morgan fingerprint density at radius 1 is 1.27 bits per heavy atom. The lowest BCUT2D eigenvalue weighted by Crippen LogP contribution is -1.98. The monoisotopic (exact) mass is 162 g/mol. The summed E-state index contributed by atoms with van der Waals surface area (Å²) < 4.78 is 4.25. The van der Waals surface area contributed by atoms with Crippen LogP contribution in [0.4, 0.5) is 0 Å². The highest BCUT2D eigenvalue weighted by atomic mass is 16.4. The fourth-order valence-corrected chi connectivity index (χ4v) is 0.283. The van der Waals surface area contributed by atoms with Gasteiger partial charge in [0, 0.05) is 20.6 Å². The molecular formula is C7H14O4. The number of carbonyl (C=O) groups excluding carboxylic acids is 1. The van der Waals surface area contributed by atoms with E-state index in [1.54, 1.807) is 14.2 Å². The summed E-state index contributed by atoms with van der Waals surface area (Å²) in [4.78, 5) is 19.8. The van der Waals surface area contributed by atoms with Crippen LogP contribution in [0, 0.1) is 0 Å². The third kappa shape index (κ3) is 27.3. The minimum atomic E-state index is -0.916. The topological polar surface area (TPSA) is 63.6 Å². The van der Waals surface area contributed by atoms with Crippen molar-refractivity contribution in [3.8, 4) is 0 Å². The molecule has 0 radical (unpaired) electrons. The number of Topliss-reactive ketones (excluding diaryl/α,β-unsaturated/α-hetero) is 1. The highest BCUT2D eigenvalue weighted by Crippen LogP contribution is 1.87. The average Bonchev–Trinajstić information content (AvgIpc) is 1.85. The van der Waals surface area contributed by atoms with Crippen LogP contribution >= 0.6 is 0 Å². The van der Waals surface area contributed by atoms with E-state index in [9.17, 15) is 9.59 Å². The van der Waals surface area contributed by atoms with Crippen molar-refractivity contribution in [3.05, 3.63) is 0 Å². The quantitative estimate of drug-likeness (QED) is 0.663. The number of methoxy groups -OCH3 is 1. The Balaban J connectivity index is 0. The molecule has 11 heavy (non-hydrogen) atoms. The number of carboxylic acid groups (broad SMARTS) is 1. The predicted molar refractivity (Wildman–Crippen MR) is 40.5 cm³/mol. The van der Waals surface area contributed by atoms with E-state index >= 15 is 0 Å². The first-order valence-corrected chi connectivity index (χ1v) is 3.16. The molecule has 4 nitrogen and oxygen atoms in total. The van der Waals surface area contributed by atoms with Gasteiger partial charge in [0.1, 0.15) is 5.78 Å². The smallest absolute Gasteiger partial charge is 0.303 e. The number of rotatable bonds is 3. The SMILES string of the molecule is CC(=O)CCC(=O)O.COC. The standard InChI is InChI=1S/C5H8O3.C2H6O/c1-4(6)2-3-5(7)8;1-3-2/h2-3H2,1H3,(H,7,8);1-2H3. The van der Waals surface area contributed by atoms with Gasteiger partial charge in [0.25, 0.3) is 0 Å². The van der Waals surface area contributed by atoms with Crippen LogP contribution in [0.5, 0.6) is 0 Å². The van der Waals surface area contributed by atoms with E-state index in [1.807, 2.05) is 0 Å². The van der Waals surface area contributed by atoms with Crippen molar-refractivity contribution in [2.24, 2.45) is 0 Å². The van der Waals surface area contributed by atoms with Crippen LogP contribution in [-0.2, 0) is 14.3 Å². The van der Waals surface area contributed by atoms with E-state index in [0.717, 1.165) is 0 Å². The fraction of sp³-hybridized carbons (Fsp3) is 0.714. The molecule has 0 aromatic heterocycles. The number of aliphatic carboxylic acids is 1. The largest absolute Gasteiger partial charge is 0.481 e. The molecule has 1 N–H and O–H groups in total. The first-order chi connectivity index (χ1) is 5.04. The molecule has 0 saturated carbocycles. The zero-order valence-electron chi connectivity index (χ0n) is 7.09. The van der Waals surface area contributed by atoms with Crippen molar-refractivity contribution in [3.63, 3.8) is 0 Å². The second kappa shape index (κ2) is 9.10. The second-order valence-corrected chi connectivity index (χ2v) is 2.00. The number of hydrogen-bond donors (Lipinski definition) is 1. The minimum absolute atomic E-state index is 0.0463. The Morgan fingerprint density at radius 2 is 1.64 bits per heavy atom. The molecule has 0 rings (SSSR count). The van der Waals surface area contributed by atoms with Gasteiger partial charge in [-0.05, 0) is 6.92 Å². The Morgan fingerprint density at radius 3 is 1.73 bits per heavy atom. The third-order valence-electron chi connectivity index (χ3n) is 0.691. The van der Waals surface area contributed by atoms with Crippen LogP contribution < -0.4 is 0 Å². The van der Waals surface area contributed by atoms with Crippen LogP contribution in [0.1, 0.15) is 19.8 Å². The lowest BCUT2D eigenvalue weighted by Gasteiger charge is -1.86. The molecule has 0 fully saturated rings. The first kappa shape index (κ1) is 12.7. The zero-order chi connectivity index (χ0) is 9.28. The van der Waals surface area contributed by atoms with E-state index in [4.69, 9.17) is 5.11 Å². The van der Waals surface area contributed by atoms with Gasteiger partial charge in [-0.15, -0.1) is 0 Å². The van der Waals surface area contributed by atoms with Gasteiger partial charge < -0.3 is 14.6 Å². The summed E-state index contributed by atoms with van der Waals surface area (Å²) in [6.45, 7) is 1.38. The average molecular weight is 162 g/mol. The predicted octanol–water partition coefficient (Wildman–Crippen LogP) is 0.703. The molecule has 0 unspecified atom stereocenters. The Bertz CT molecular complexity index is 106. The van der Waals surface area contributed by atoms with Gasteiger partial charge in [0.15, 0.2) is 0 Å². The van der Waals surface area contributed by atoms with E-state index < -0.39 is 5.97 Å². The molecule has 0 aliphatic heterocycles. The van der Waals surface area contributed by atoms with Crippen LogP contribution in [0.25, 0.3) is 0 Å². The fourth-order valence-electron chi connectivity index (χ4n) is 0.283. The molecule has 0 saturated heterocycles. The molecule has 0 heterocycles. The maximum absolute atomic E-state index is 10.1. The molecule has 0 amide bonds. The van der Waals surface area contributed by atoms with E-state index in [-0.39, 0.29) is 18.6 Å². The maximum Gasteiger partial charge on any atom is 0.303 e. The minimum Gasteiger partial charge on any atom is -0.481 e. The van der Waals surface area contributed by atoms with Crippen LogP contribution in [0.15, 0.2) is 0 Å². The van der Waals surface area contributed by atoms with Crippen molar-refractivity contribution in [1.82, 2.24) is 0 Å². The molecular weight excluding hydrogens is 148 g/mol. The highest BCUT2D eigenvalue weighted by molar-refractivity contribution is 5.80. The number of hydrogen-bond acceptors (Lipinski definition) is 3. The summed E-state index contributed by atoms with van der Waals surface area (Å²) in [5.41, 5.74) is 0.